The average molecular weight is 677 g/mol. The van der Waals surface area contributed by atoms with Crippen molar-refractivity contribution in [1.82, 2.24) is 10.6 Å². The van der Waals surface area contributed by atoms with Crippen LogP contribution < -0.4 is 29.6 Å². The van der Waals surface area contributed by atoms with Crippen LogP contribution in [-0.4, -0.2) is 65.0 Å². The molecule has 2 aliphatic carbocycles. The molecule has 50 heavy (non-hydrogen) atoms. The second-order valence-electron chi connectivity index (χ2n) is 12.6. The van der Waals surface area contributed by atoms with E-state index in [1.807, 2.05) is 0 Å². The molecule has 0 amide bonds. The lowest BCUT2D eigenvalue weighted by Crippen LogP contribution is -2.18. The Morgan fingerprint density at radius 1 is 0.540 bits per heavy atom. The lowest BCUT2D eigenvalue weighted by molar-refractivity contribution is 0.290. The Morgan fingerprint density at radius 3 is 1.24 bits per heavy atom. The Morgan fingerprint density at radius 2 is 0.900 bits per heavy atom. The maximum Gasteiger partial charge on any atom is 0.127 e. The largest absolute Gasteiger partial charge is 0.496 e. The van der Waals surface area contributed by atoms with Gasteiger partial charge in [0.2, 0.25) is 0 Å². The smallest absolute Gasteiger partial charge is 0.127 e. The first-order chi connectivity index (χ1) is 24.5. The predicted octanol–water partition coefficient (Wildman–Crippen LogP) is 6.53. The lowest BCUT2D eigenvalue weighted by Gasteiger charge is -2.16. The minimum atomic E-state index is 0.0750. The van der Waals surface area contributed by atoms with Gasteiger partial charge in [-0.3, -0.25) is 0 Å². The zero-order chi connectivity index (χ0) is 35.0. The van der Waals surface area contributed by atoms with Crippen LogP contribution in [0.1, 0.15) is 57.3 Å². The number of nitrogens with one attached hydrogen (secondary N) is 2. The summed E-state index contributed by atoms with van der Waals surface area (Å²) in [5, 5.41) is 24.9. The molecule has 0 aromatic heterocycles. The third-order valence-electron chi connectivity index (χ3n) is 9.75. The van der Waals surface area contributed by atoms with Gasteiger partial charge in [0.1, 0.15) is 23.0 Å². The minimum Gasteiger partial charge on any atom is -0.496 e. The van der Waals surface area contributed by atoms with Crippen molar-refractivity contribution in [3.63, 3.8) is 0 Å². The van der Waals surface area contributed by atoms with Crippen LogP contribution in [0.25, 0.3) is 34.4 Å². The molecule has 0 saturated heterocycles. The molecule has 0 radical (unpaired) electrons. The number of hydrogen-bond acceptors (Lipinski definition) is 8. The number of rotatable bonds is 15. The van der Waals surface area contributed by atoms with Crippen molar-refractivity contribution in [2.24, 2.45) is 0 Å². The highest BCUT2D eigenvalue weighted by Crippen LogP contribution is 2.45. The van der Waals surface area contributed by atoms with E-state index < -0.39 is 0 Å². The zero-order valence-corrected chi connectivity index (χ0v) is 29.5. The van der Waals surface area contributed by atoms with Gasteiger partial charge in [0.25, 0.3) is 0 Å². The van der Waals surface area contributed by atoms with Gasteiger partial charge in [-0.1, -0.05) is 48.6 Å². The second kappa shape index (κ2) is 16.4. The van der Waals surface area contributed by atoms with Crippen LogP contribution in [-0.2, 0) is 25.9 Å². The molecule has 0 unspecified atom stereocenters. The van der Waals surface area contributed by atoms with Crippen molar-refractivity contribution in [2.45, 2.75) is 38.8 Å². The summed E-state index contributed by atoms with van der Waals surface area (Å²) < 4.78 is 23.1. The summed E-state index contributed by atoms with van der Waals surface area (Å²) in [5.41, 5.74) is 14.6. The number of benzene rings is 4. The van der Waals surface area contributed by atoms with Crippen LogP contribution in [0.15, 0.2) is 60.7 Å². The number of allylic oxidation sites excluding steroid dienone is 2. The van der Waals surface area contributed by atoms with Gasteiger partial charge in [0.05, 0.1) is 41.7 Å². The minimum absolute atomic E-state index is 0.0750. The van der Waals surface area contributed by atoms with Gasteiger partial charge in [0.15, 0.2) is 0 Å². The summed E-state index contributed by atoms with van der Waals surface area (Å²) >= 11 is 0. The van der Waals surface area contributed by atoms with Crippen molar-refractivity contribution < 1.29 is 29.2 Å². The molecule has 0 heterocycles. The first-order valence-electron chi connectivity index (χ1n) is 17.3. The standard InChI is InChI=1S/C42H48N2O6/c1-47-39-21-27(22-40(48-2)37(39)25-43-15-17-45)19-29-11-13-35-31(29)7-5-9-33(35)34-10-6-8-32-30(12-14-36(32)34)20-28-23-41(49-3)38(26-44-16-18-46)42(24-28)50-4/h5-10,19-24,43-46H,11-18,25-26H2,1-4H3/b29-19+,30-20+. The Balaban J connectivity index is 1.31. The van der Waals surface area contributed by atoms with Crippen LogP contribution in [0.3, 0.4) is 0 Å². The van der Waals surface area contributed by atoms with Crippen molar-refractivity contribution in [1.29, 1.82) is 0 Å². The Kier molecular flexibility index (Phi) is 11.6. The van der Waals surface area contributed by atoms with E-state index in [0.717, 1.165) is 70.9 Å². The molecule has 2 aliphatic rings. The quantitative estimate of drug-likeness (QED) is 0.106. The fourth-order valence-electron chi connectivity index (χ4n) is 7.42. The third-order valence-corrected chi connectivity index (χ3v) is 9.75. The molecule has 262 valence electrons. The monoisotopic (exact) mass is 676 g/mol. The Labute approximate surface area is 295 Å². The van der Waals surface area contributed by atoms with E-state index in [2.05, 4.69) is 83.4 Å². The molecule has 4 aromatic carbocycles. The lowest BCUT2D eigenvalue weighted by atomic mass is 9.91. The molecule has 0 bridgehead atoms. The molecule has 8 heteroatoms. The molecule has 0 spiro atoms. The van der Waals surface area contributed by atoms with Gasteiger partial charge in [-0.2, -0.15) is 0 Å². The van der Waals surface area contributed by atoms with Crippen LogP contribution in [0, 0.1) is 0 Å². The molecular weight excluding hydrogens is 628 g/mol. The summed E-state index contributed by atoms with van der Waals surface area (Å²) in [5.74, 6) is 3.06. The number of hydrogen-bond donors (Lipinski definition) is 4. The van der Waals surface area contributed by atoms with E-state index in [9.17, 15) is 10.2 Å². The number of fused-ring (bicyclic) bond motifs is 2. The molecule has 4 aromatic rings. The zero-order valence-electron chi connectivity index (χ0n) is 29.5. The van der Waals surface area contributed by atoms with Gasteiger partial charge >= 0.3 is 0 Å². The van der Waals surface area contributed by atoms with Crippen LogP contribution in [0.4, 0.5) is 0 Å². The van der Waals surface area contributed by atoms with Crippen LogP contribution in [0.2, 0.25) is 0 Å². The second-order valence-corrected chi connectivity index (χ2v) is 12.6. The van der Waals surface area contributed by atoms with Gasteiger partial charge < -0.3 is 39.8 Å². The number of methoxy groups -OCH3 is 4. The van der Waals surface area contributed by atoms with Crippen LogP contribution >= 0.6 is 0 Å². The maximum absolute atomic E-state index is 9.20. The molecule has 8 nitrogen and oxygen atoms in total. The predicted molar refractivity (Wildman–Crippen MR) is 201 cm³/mol. The fraction of sp³-hybridized carbons (Fsp3) is 0.333. The van der Waals surface area contributed by atoms with Gasteiger partial charge in [0, 0.05) is 37.3 Å². The topological polar surface area (TPSA) is 101 Å². The van der Waals surface area contributed by atoms with Crippen molar-refractivity contribution in [3.05, 3.63) is 105 Å². The summed E-state index contributed by atoms with van der Waals surface area (Å²) in [6.45, 7) is 2.25. The van der Waals surface area contributed by atoms with Gasteiger partial charge in [-0.25, -0.2) is 0 Å². The number of ether oxygens (including phenoxy) is 4. The normalized spacial score (nSPS) is 15.0. The molecule has 4 N–H and O–H groups in total. The van der Waals surface area contributed by atoms with E-state index in [4.69, 9.17) is 18.9 Å². The van der Waals surface area contributed by atoms with Crippen molar-refractivity contribution >= 4 is 23.3 Å². The van der Waals surface area contributed by atoms with E-state index in [1.165, 1.54) is 44.5 Å². The third kappa shape index (κ3) is 7.30. The average Bonchev–Trinajstić information content (AvgIpc) is 3.76. The first-order valence-corrected chi connectivity index (χ1v) is 17.3. The van der Waals surface area contributed by atoms with Crippen LogP contribution in [0.5, 0.6) is 23.0 Å². The highest BCUT2D eigenvalue weighted by atomic mass is 16.5. The van der Waals surface area contributed by atoms with Crippen molar-refractivity contribution in [3.8, 4) is 34.1 Å². The van der Waals surface area contributed by atoms with Gasteiger partial charge in [-0.15, -0.1) is 0 Å². The first kappa shape index (κ1) is 35.2. The molecule has 0 aliphatic heterocycles. The van der Waals surface area contributed by atoms with E-state index >= 15 is 0 Å². The molecule has 6 rings (SSSR count). The Hall–Kier alpha value is -4.60. The summed E-state index contributed by atoms with van der Waals surface area (Å²) in [4.78, 5) is 0. The number of aliphatic hydroxyl groups excluding tert-OH is 2. The molecule has 0 atom stereocenters. The van der Waals surface area contributed by atoms with E-state index in [1.54, 1.807) is 28.4 Å². The van der Waals surface area contributed by atoms with E-state index in [-0.39, 0.29) is 13.2 Å². The highest BCUT2D eigenvalue weighted by Gasteiger charge is 2.25. The Bertz CT molecular complexity index is 1710. The van der Waals surface area contributed by atoms with Gasteiger partial charge in [-0.05, 0) is 106 Å². The SMILES string of the molecule is COc1cc(/C=C2\CCc3c2cccc3-c2cccc3c2CC/C3=C\c2cc(OC)c(CNCCO)c(OC)c2)cc(OC)c1CNCCO. The van der Waals surface area contributed by atoms with E-state index in [0.29, 0.717) is 26.2 Å². The fourth-order valence-corrected chi connectivity index (χ4v) is 7.42. The summed E-state index contributed by atoms with van der Waals surface area (Å²) in [6, 6.07) is 21.7. The molecule has 0 saturated carbocycles. The maximum atomic E-state index is 9.20. The van der Waals surface area contributed by atoms with Crippen molar-refractivity contribution in [2.75, 3.05) is 54.7 Å². The molecular formula is C42H48N2O6. The summed E-state index contributed by atoms with van der Waals surface area (Å²) in [6.07, 6.45) is 8.43. The highest BCUT2D eigenvalue weighted by molar-refractivity contribution is 5.93. The summed E-state index contributed by atoms with van der Waals surface area (Å²) in [7, 11) is 6.73. The molecule has 0 fully saturated rings. The number of aliphatic hydroxyl groups is 2.